The summed E-state index contributed by atoms with van der Waals surface area (Å²) < 4.78 is 1.74. The number of nitrogens with zero attached hydrogens (tertiary/aromatic N) is 4. The van der Waals surface area contributed by atoms with Gasteiger partial charge in [-0.1, -0.05) is 23.7 Å². The monoisotopic (exact) mass is 382 g/mol. The number of fused-ring (bicyclic) bond motifs is 1. The van der Waals surface area contributed by atoms with Gasteiger partial charge in [0.05, 0.1) is 39.5 Å². The van der Waals surface area contributed by atoms with E-state index in [1.165, 1.54) is 0 Å². The number of aromatic nitrogens is 3. The van der Waals surface area contributed by atoms with Gasteiger partial charge in [0, 0.05) is 32.9 Å². The number of hydrogen-bond acceptors (Lipinski definition) is 5. The topological polar surface area (TPSA) is 75.1 Å². The summed E-state index contributed by atoms with van der Waals surface area (Å²) in [7, 11) is 3.66. The van der Waals surface area contributed by atoms with Gasteiger partial charge in [0.2, 0.25) is 0 Å². The molecule has 0 atom stereocenters. The highest BCUT2D eigenvalue weighted by atomic mass is 35.5. The maximum absolute atomic E-state index is 12.5. The highest BCUT2D eigenvalue weighted by molar-refractivity contribution is 6.33. The molecule has 0 radical (unpaired) electrons. The summed E-state index contributed by atoms with van der Waals surface area (Å²) in [6, 6.07) is 7.59. The Labute approximate surface area is 162 Å². The molecule has 2 N–H and O–H groups in total. The summed E-state index contributed by atoms with van der Waals surface area (Å²) >= 11 is 6.34. The van der Waals surface area contributed by atoms with Gasteiger partial charge >= 0.3 is 0 Å². The fourth-order valence-electron chi connectivity index (χ4n) is 3.22. The average Bonchev–Trinajstić information content (AvgIpc) is 3.09. The van der Waals surface area contributed by atoms with Crippen molar-refractivity contribution in [2.75, 3.05) is 17.7 Å². The summed E-state index contributed by atoms with van der Waals surface area (Å²) in [4.78, 5) is 18.5. The first kappa shape index (κ1) is 17.4. The molecule has 0 saturated carbocycles. The average molecular weight is 383 g/mol. The third kappa shape index (κ3) is 3.21. The summed E-state index contributed by atoms with van der Waals surface area (Å²) in [5.74, 6) is 0.636. The molecule has 3 aromatic rings. The number of halogens is 1. The second-order valence-electron chi connectivity index (χ2n) is 6.60. The summed E-state index contributed by atoms with van der Waals surface area (Å²) in [5, 5.41) is 11.3. The van der Waals surface area contributed by atoms with Crippen LogP contribution in [0.15, 0.2) is 36.7 Å². The minimum atomic E-state index is 0.00242. The van der Waals surface area contributed by atoms with Gasteiger partial charge in [-0.2, -0.15) is 5.10 Å². The molecule has 1 aliphatic rings. The highest BCUT2D eigenvalue weighted by Gasteiger charge is 2.27. The summed E-state index contributed by atoms with van der Waals surface area (Å²) in [6.07, 6.45) is 3.46. The molecule has 0 fully saturated rings. The van der Waals surface area contributed by atoms with Crippen molar-refractivity contribution < 1.29 is 4.79 Å². The standard InChI is InChI=1S/C19H19ClN6O/c1-11-16(10-26(3)24-11)23-17-7-15(13(20)8-21-17)22-14-6-4-5-12-9-25(2)19(27)18(12)14/h4-8,10H,9H2,1-3H3,(H2,21,22,23). The van der Waals surface area contributed by atoms with Crippen LogP contribution >= 0.6 is 11.6 Å². The third-order valence-electron chi connectivity index (χ3n) is 4.52. The van der Waals surface area contributed by atoms with E-state index in [4.69, 9.17) is 11.6 Å². The van der Waals surface area contributed by atoms with Gasteiger partial charge in [-0.3, -0.25) is 9.48 Å². The Hall–Kier alpha value is -3.06. The van der Waals surface area contributed by atoms with E-state index < -0.39 is 0 Å². The van der Waals surface area contributed by atoms with E-state index >= 15 is 0 Å². The minimum absolute atomic E-state index is 0.00242. The number of amides is 1. The van der Waals surface area contributed by atoms with E-state index in [0.717, 1.165) is 22.6 Å². The van der Waals surface area contributed by atoms with Crippen molar-refractivity contribution in [3.63, 3.8) is 0 Å². The van der Waals surface area contributed by atoms with Gasteiger partial charge in [0.15, 0.2) is 0 Å². The molecule has 0 unspecified atom stereocenters. The van der Waals surface area contributed by atoms with E-state index in [1.807, 2.05) is 44.4 Å². The lowest BCUT2D eigenvalue weighted by Crippen LogP contribution is -2.18. The largest absolute Gasteiger partial charge is 0.353 e. The van der Waals surface area contributed by atoms with Gasteiger partial charge in [-0.25, -0.2) is 4.98 Å². The van der Waals surface area contributed by atoms with Gasteiger partial charge < -0.3 is 15.5 Å². The molecule has 1 aliphatic heterocycles. The molecule has 3 heterocycles. The molecule has 4 rings (SSSR count). The van der Waals surface area contributed by atoms with Crippen molar-refractivity contribution in [1.29, 1.82) is 0 Å². The fraction of sp³-hybridized carbons (Fsp3) is 0.211. The number of hydrogen-bond donors (Lipinski definition) is 2. The van der Waals surface area contributed by atoms with E-state index in [1.54, 1.807) is 22.8 Å². The zero-order valence-corrected chi connectivity index (χ0v) is 16.0. The quantitative estimate of drug-likeness (QED) is 0.716. The molecule has 1 aromatic carbocycles. The van der Waals surface area contributed by atoms with Crippen molar-refractivity contribution >= 4 is 40.4 Å². The van der Waals surface area contributed by atoms with Crippen LogP contribution < -0.4 is 10.6 Å². The van der Waals surface area contributed by atoms with E-state index in [0.29, 0.717) is 28.6 Å². The fourth-order valence-corrected chi connectivity index (χ4v) is 3.37. The molecule has 0 spiro atoms. The Morgan fingerprint density at radius 1 is 1.15 bits per heavy atom. The molecule has 0 bridgehead atoms. The lowest BCUT2D eigenvalue weighted by molar-refractivity contribution is 0.0817. The zero-order valence-electron chi connectivity index (χ0n) is 15.2. The second kappa shape index (κ2) is 6.59. The SMILES string of the molecule is Cc1nn(C)cc1Nc1cc(Nc2cccc3c2C(=O)N(C)C3)c(Cl)cn1. The van der Waals surface area contributed by atoms with Crippen LogP contribution in [0.3, 0.4) is 0 Å². The number of rotatable bonds is 4. The minimum Gasteiger partial charge on any atom is -0.353 e. The van der Waals surface area contributed by atoms with Crippen molar-refractivity contribution in [3.8, 4) is 0 Å². The zero-order chi connectivity index (χ0) is 19.1. The van der Waals surface area contributed by atoms with Crippen LogP contribution in [-0.4, -0.2) is 32.6 Å². The van der Waals surface area contributed by atoms with Crippen LogP contribution in [0, 0.1) is 6.92 Å². The number of nitrogens with one attached hydrogen (secondary N) is 2. The Bertz CT molecular complexity index is 1040. The Morgan fingerprint density at radius 3 is 2.70 bits per heavy atom. The van der Waals surface area contributed by atoms with E-state index in [9.17, 15) is 4.79 Å². The molecule has 1 amide bonds. The number of benzene rings is 1. The number of carbonyl (C=O) groups is 1. The van der Waals surface area contributed by atoms with Gasteiger partial charge in [-0.05, 0) is 18.6 Å². The third-order valence-corrected chi connectivity index (χ3v) is 4.82. The molecule has 0 aliphatic carbocycles. The predicted molar refractivity (Wildman–Crippen MR) is 106 cm³/mol. The van der Waals surface area contributed by atoms with Gasteiger partial charge in [-0.15, -0.1) is 0 Å². The van der Waals surface area contributed by atoms with Crippen LogP contribution in [0.1, 0.15) is 21.6 Å². The van der Waals surface area contributed by atoms with Crippen molar-refractivity contribution in [2.45, 2.75) is 13.5 Å². The van der Waals surface area contributed by atoms with Crippen LogP contribution in [0.5, 0.6) is 0 Å². The molecule has 2 aromatic heterocycles. The molecular formula is C19H19ClN6O. The maximum atomic E-state index is 12.5. The summed E-state index contributed by atoms with van der Waals surface area (Å²) in [6.45, 7) is 2.54. The molecule has 0 saturated heterocycles. The van der Waals surface area contributed by atoms with Crippen LogP contribution in [0.2, 0.25) is 5.02 Å². The Balaban J connectivity index is 1.65. The number of pyridine rings is 1. The van der Waals surface area contributed by atoms with Crippen molar-refractivity contribution in [1.82, 2.24) is 19.7 Å². The molecule has 27 heavy (non-hydrogen) atoms. The highest BCUT2D eigenvalue weighted by Crippen LogP contribution is 2.33. The smallest absolute Gasteiger partial charge is 0.256 e. The van der Waals surface area contributed by atoms with Crippen molar-refractivity contribution in [2.24, 2.45) is 7.05 Å². The first-order valence-corrected chi connectivity index (χ1v) is 8.87. The van der Waals surface area contributed by atoms with Crippen LogP contribution in [0.4, 0.5) is 22.9 Å². The maximum Gasteiger partial charge on any atom is 0.256 e. The van der Waals surface area contributed by atoms with Crippen molar-refractivity contribution in [3.05, 3.63) is 58.5 Å². The number of aryl methyl sites for hydroxylation is 2. The van der Waals surface area contributed by atoms with E-state index in [-0.39, 0.29) is 5.91 Å². The first-order chi connectivity index (χ1) is 12.9. The van der Waals surface area contributed by atoms with Gasteiger partial charge in [0.1, 0.15) is 5.82 Å². The Kier molecular flexibility index (Phi) is 4.24. The molecule has 138 valence electrons. The first-order valence-electron chi connectivity index (χ1n) is 8.49. The number of anilines is 4. The lowest BCUT2D eigenvalue weighted by Gasteiger charge is -2.13. The number of carbonyl (C=O) groups excluding carboxylic acids is 1. The normalized spacial score (nSPS) is 13.0. The van der Waals surface area contributed by atoms with Gasteiger partial charge in [0.25, 0.3) is 5.91 Å². The molecule has 8 heteroatoms. The van der Waals surface area contributed by atoms with E-state index in [2.05, 4.69) is 20.7 Å². The predicted octanol–water partition coefficient (Wildman–Crippen LogP) is 3.85. The molecular weight excluding hydrogens is 364 g/mol. The lowest BCUT2D eigenvalue weighted by atomic mass is 10.1. The van der Waals surface area contributed by atoms with Crippen LogP contribution in [0.25, 0.3) is 0 Å². The van der Waals surface area contributed by atoms with Crippen LogP contribution in [-0.2, 0) is 13.6 Å². The summed E-state index contributed by atoms with van der Waals surface area (Å²) in [5.41, 5.74) is 4.84. The molecule has 7 nitrogen and oxygen atoms in total. The second-order valence-corrected chi connectivity index (χ2v) is 7.01. The Morgan fingerprint density at radius 2 is 1.96 bits per heavy atom.